The number of nitriles is 1. The van der Waals surface area contributed by atoms with E-state index in [1.165, 1.54) is 0 Å². The molecule has 0 radical (unpaired) electrons. The number of carbonyl (C=O) groups is 1. The van der Waals surface area contributed by atoms with Crippen LogP contribution in [0.2, 0.25) is 0 Å². The fraction of sp³-hybridized carbons (Fsp3) is 0.333. The molecule has 7 heteroatoms. The van der Waals surface area contributed by atoms with Crippen LogP contribution in [0.3, 0.4) is 0 Å². The van der Waals surface area contributed by atoms with Gasteiger partial charge in [-0.15, -0.1) is 0 Å². The first-order chi connectivity index (χ1) is 16.2. The smallest absolute Gasteiger partial charge is 0.321 e. The summed E-state index contributed by atoms with van der Waals surface area (Å²) in [5.41, 5.74) is -0.682. The third kappa shape index (κ3) is 4.66. The minimum absolute atomic E-state index is 0.196. The molecule has 0 heterocycles. The number of alkyl halides is 2. The molecular weight excluding hydrogens is 473 g/mol. The first-order valence-corrected chi connectivity index (χ1v) is 11.8. The van der Waals surface area contributed by atoms with E-state index >= 15 is 0 Å². The van der Waals surface area contributed by atoms with Crippen molar-refractivity contribution in [1.82, 2.24) is 0 Å². The number of hydrogen-bond donors (Lipinski definition) is 0. The van der Waals surface area contributed by atoms with Gasteiger partial charge in [-0.05, 0) is 55.3 Å². The summed E-state index contributed by atoms with van der Waals surface area (Å²) in [4.78, 5) is 13.4. The first-order valence-electron chi connectivity index (χ1n) is 11.1. The molecule has 5 nitrogen and oxygen atoms in total. The molecule has 1 saturated carbocycles. The number of rotatable bonds is 8. The Morgan fingerprint density at radius 1 is 1.12 bits per heavy atom. The molecule has 2 aromatic rings. The van der Waals surface area contributed by atoms with E-state index in [9.17, 15) is 10.1 Å². The van der Waals surface area contributed by atoms with Crippen molar-refractivity contribution in [3.05, 3.63) is 84.0 Å². The van der Waals surface area contributed by atoms with Crippen LogP contribution in [0, 0.1) is 11.3 Å². The largest absolute Gasteiger partial charge is 0.494 e. The second-order valence-corrected chi connectivity index (χ2v) is 10.1. The van der Waals surface area contributed by atoms with Gasteiger partial charge in [0.25, 0.3) is 0 Å². The van der Waals surface area contributed by atoms with Gasteiger partial charge in [0.2, 0.25) is 6.10 Å². The monoisotopic (exact) mass is 497 g/mol. The Bertz CT molecular complexity index is 1150. The van der Waals surface area contributed by atoms with Gasteiger partial charge >= 0.3 is 5.97 Å². The molecule has 0 spiro atoms. The van der Waals surface area contributed by atoms with Crippen LogP contribution in [0.4, 0.5) is 0 Å². The number of allylic oxidation sites excluding steroid dienone is 2. The molecular formula is C27H25Cl2NO4. The van der Waals surface area contributed by atoms with Crippen LogP contribution in [-0.4, -0.2) is 28.6 Å². The van der Waals surface area contributed by atoms with Crippen molar-refractivity contribution in [3.8, 4) is 17.6 Å². The predicted molar refractivity (Wildman–Crippen MR) is 131 cm³/mol. The van der Waals surface area contributed by atoms with E-state index in [4.69, 9.17) is 37.4 Å². The molecule has 176 valence electrons. The summed E-state index contributed by atoms with van der Waals surface area (Å²) < 4.78 is 16.0. The predicted octanol–water partition coefficient (Wildman–Crippen LogP) is 6.06. The van der Waals surface area contributed by atoms with E-state index in [1.54, 1.807) is 30.3 Å². The number of benzene rings is 2. The van der Waals surface area contributed by atoms with E-state index in [1.807, 2.05) is 56.3 Å². The van der Waals surface area contributed by atoms with Crippen LogP contribution in [0.1, 0.15) is 32.3 Å². The fourth-order valence-electron chi connectivity index (χ4n) is 4.24. The number of para-hydroxylation sites is 1. The zero-order valence-corrected chi connectivity index (χ0v) is 20.5. The lowest BCUT2D eigenvalue weighted by Gasteiger charge is -2.32. The molecule has 2 aliphatic rings. The molecule has 2 aromatic carbocycles. The molecule has 2 aliphatic carbocycles. The second-order valence-electron chi connectivity index (χ2n) is 8.66. The molecule has 0 amide bonds. The minimum atomic E-state index is -1.32. The van der Waals surface area contributed by atoms with Gasteiger partial charge in [0.1, 0.15) is 32.9 Å². The van der Waals surface area contributed by atoms with E-state index in [-0.39, 0.29) is 6.42 Å². The van der Waals surface area contributed by atoms with E-state index in [0.29, 0.717) is 35.7 Å². The van der Waals surface area contributed by atoms with Gasteiger partial charge < -0.3 is 14.2 Å². The molecule has 1 fully saturated rings. The molecule has 4 rings (SSSR count). The van der Waals surface area contributed by atoms with Crippen LogP contribution in [0.5, 0.6) is 11.5 Å². The lowest BCUT2D eigenvalue weighted by atomic mass is 9.88. The molecule has 0 aromatic heterocycles. The highest BCUT2D eigenvalue weighted by Gasteiger charge is 2.73. The molecule has 0 saturated heterocycles. The second kappa shape index (κ2) is 9.37. The summed E-state index contributed by atoms with van der Waals surface area (Å²) >= 11 is 12.9. The standard InChI is InChI=1S/C27H25Cl2NO4/c1-3-32-21-13-11-20(12-14-21)26(18-27(26,28)29)24(31)33-23(17-30)19-8-7-15-25(2,16-19)34-22-9-5-4-6-10-22/h4-15,23H,3,16,18H2,1-2H3. The van der Waals surface area contributed by atoms with Gasteiger partial charge in [-0.3, -0.25) is 4.79 Å². The van der Waals surface area contributed by atoms with Crippen molar-refractivity contribution in [2.24, 2.45) is 0 Å². The SMILES string of the molecule is CCOc1ccc(C2(C(=O)OC(C#N)C3=CC=CC(C)(Oc4ccccc4)C3)CC2(Cl)Cl)cc1. The van der Waals surface area contributed by atoms with Crippen LogP contribution < -0.4 is 9.47 Å². The van der Waals surface area contributed by atoms with E-state index in [0.717, 1.165) is 0 Å². The Kier molecular flexibility index (Phi) is 6.66. The molecule has 3 atom stereocenters. The maximum absolute atomic E-state index is 13.4. The lowest BCUT2D eigenvalue weighted by Crippen LogP contribution is -2.37. The van der Waals surface area contributed by atoms with Crippen LogP contribution in [-0.2, 0) is 14.9 Å². The number of esters is 1. The third-order valence-electron chi connectivity index (χ3n) is 6.08. The van der Waals surface area contributed by atoms with Gasteiger partial charge in [-0.2, -0.15) is 5.26 Å². The molecule has 0 aliphatic heterocycles. The summed E-state index contributed by atoms with van der Waals surface area (Å²) in [6, 6.07) is 18.6. The average molecular weight is 498 g/mol. The third-order valence-corrected chi connectivity index (χ3v) is 6.99. The Hall–Kier alpha value is -2.94. The highest BCUT2D eigenvalue weighted by molar-refractivity contribution is 6.54. The topological polar surface area (TPSA) is 68.5 Å². The van der Waals surface area contributed by atoms with Gasteiger partial charge in [0, 0.05) is 12.8 Å². The minimum Gasteiger partial charge on any atom is -0.494 e. The summed E-state index contributed by atoms with van der Waals surface area (Å²) in [7, 11) is 0. The molecule has 3 unspecified atom stereocenters. The summed E-state index contributed by atoms with van der Waals surface area (Å²) in [6.07, 6.45) is 4.99. The summed E-state index contributed by atoms with van der Waals surface area (Å²) in [5.74, 6) is 0.758. The van der Waals surface area contributed by atoms with Gasteiger partial charge in [-0.25, -0.2) is 0 Å². The van der Waals surface area contributed by atoms with Crippen molar-refractivity contribution in [3.63, 3.8) is 0 Å². The van der Waals surface area contributed by atoms with Crippen molar-refractivity contribution in [2.75, 3.05) is 6.61 Å². The zero-order chi connectivity index (χ0) is 24.4. The molecule has 0 bridgehead atoms. The summed E-state index contributed by atoms with van der Waals surface area (Å²) in [6.45, 7) is 4.34. The lowest BCUT2D eigenvalue weighted by molar-refractivity contribution is -0.148. The first kappa shape index (κ1) is 24.2. The highest BCUT2D eigenvalue weighted by atomic mass is 35.5. The van der Waals surface area contributed by atoms with Crippen molar-refractivity contribution in [1.29, 1.82) is 5.26 Å². The van der Waals surface area contributed by atoms with E-state index < -0.39 is 27.4 Å². The van der Waals surface area contributed by atoms with Gasteiger partial charge in [0.15, 0.2) is 0 Å². The number of nitrogens with zero attached hydrogens (tertiary/aromatic N) is 1. The molecule has 0 N–H and O–H groups in total. The Labute approximate surface area is 209 Å². The van der Waals surface area contributed by atoms with Crippen LogP contribution >= 0.6 is 23.2 Å². The maximum Gasteiger partial charge on any atom is 0.321 e. The maximum atomic E-state index is 13.4. The number of hydrogen-bond acceptors (Lipinski definition) is 5. The Morgan fingerprint density at radius 3 is 2.38 bits per heavy atom. The number of ether oxygens (including phenoxy) is 3. The quantitative estimate of drug-likeness (QED) is 0.327. The molecule has 34 heavy (non-hydrogen) atoms. The van der Waals surface area contributed by atoms with Crippen LogP contribution in [0.15, 0.2) is 78.4 Å². The number of halogens is 2. The highest BCUT2D eigenvalue weighted by Crippen LogP contribution is 2.65. The zero-order valence-electron chi connectivity index (χ0n) is 19.0. The fourth-order valence-corrected chi connectivity index (χ4v) is 5.02. The van der Waals surface area contributed by atoms with Gasteiger partial charge in [-0.1, -0.05) is 65.7 Å². The van der Waals surface area contributed by atoms with Crippen molar-refractivity contribution >= 4 is 29.2 Å². The van der Waals surface area contributed by atoms with Gasteiger partial charge in [0.05, 0.1) is 6.61 Å². The average Bonchev–Trinajstić information content (AvgIpc) is 3.41. The van der Waals surface area contributed by atoms with Crippen molar-refractivity contribution in [2.45, 2.75) is 48.1 Å². The van der Waals surface area contributed by atoms with Crippen molar-refractivity contribution < 1.29 is 19.0 Å². The van der Waals surface area contributed by atoms with E-state index in [2.05, 4.69) is 6.07 Å². The Balaban J connectivity index is 1.51. The Morgan fingerprint density at radius 2 is 1.79 bits per heavy atom. The number of carbonyl (C=O) groups excluding carboxylic acids is 1. The normalized spacial score (nSPS) is 25.4. The summed E-state index contributed by atoms with van der Waals surface area (Å²) in [5, 5.41) is 9.85. The van der Waals surface area contributed by atoms with Crippen LogP contribution in [0.25, 0.3) is 0 Å².